The van der Waals surface area contributed by atoms with E-state index in [9.17, 15) is 9.18 Å². The number of fused-ring (bicyclic) bond motifs is 1. The summed E-state index contributed by atoms with van der Waals surface area (Å²) < 4.78 is 18.7. The summed E-state index contributed by atoms with van der Waals surface area (Å²) in [4.78, 5) is 12.5. The third-order valence-corrected chi connectivity index (χ3v) is 5.82. The Morgan fingerprint density at radius 1 is 1.32 bits per heavy atom. The van der Waals surface area contributed by atoms with Crippen LogP contribution in [0.5, 0.6) is 0 Å². The van der Waals surface area contributed by atoms with E-state index in [4.69, 9.17) is 4.74 Å². The molecule has 1 aliphatic heterocycles. The first-order valence-electron chi connectivity index (χ1n) is 8.16. The van der Waals surface area contributed by atoms with E-state index in [2.05, 4.69) is 19.2 Å². The monoisotopic (exact) mass is 303 g/mol. The Bertz CT molecular complexity index is 598. The lowest BCUT2D eigenvalue weighted by Gasteiger charge is -2.54. The Labute approximate surface area is 130 Å². The molecule has 22 heavy (non-hydrogen) atoms. The van der Waals surface area contributed by atoms with Gasteiger partial charge in [-0.05, 0) is 36.5 Å². The first kappa shape index (κ1) is 14.2. The van der Waals surface area contributed by atoms with E-state index >= 15 is 0 Å². The van der Waals surface area contributed by atoms with Crippen LogP contribution in [0.1, 0.15) is 38.2 Å². The summed E-state index contributed by atoms with van der Waals surface area (Å²) in [5, 5.41) is 3.26. The number of nitrogens with one attached hydrogen (secondary N) is 1. The molecular formula is C18H22FNO2. The van der Waals surface area contributed by atoms with Gasteiger partial charge in [-0.2, -0.15) is 0 Å². The molecule has 2 aliphatic carbocycles. The minimum absolute atomic E-state index is 0.0249. The Hall–Kier alpha value is -1.42. The van der Waals surface area contributed by atoms with Crippen LogP contribution >= 0.6 is 0 Å². The zero-order valence-electron chi connectivity index (χ0n) is 13.0. The van der Waals surface area contributed by atoms with Gasteiger partial charge in [0.05, 0.1) is 6.10 Å². The lowest BCUT2D eigenvalue weighted by molar-refractivity contribution is -0.138. The molecular weight excluding hydrogens is 281 g/mol. The number of halogens is 1. The van der Waals surface area contributed by atoms with Gasteiger partial charge in [0.15, 0.2) is 0 Å². The van der Waals surface area contributed by atoms with E-state index in [1.165, 1.54) is 12.1 Å². The van der Waals surface area contributed by atoms with Gasteiger partial charge in [-0.15, -0.1) is 0 Å². The average Bonchev–Trinajstić information content (AvgIpc) is 3.15. The highest BCUT2D eigenvalue weighted by Gasteiger charge is 2.60. The largest absolute Gasteiger partial charge is 0.377 e. The average molecular weight is 303 g/mol. The summed E-state index contributed by atoms with van der Waals surface area (Å²) >= 11 is 0. The summed E-state index contributed by atoms with van der Waals surface area (Å²) in [6.45, 7) is 5.16. The minimum Gasteiger partial charge on any atom is -0.377 e. The molecule has 1 heterocycles. The van der Waals surface area contributed by atoms with Crippen LogP contribution in [0.15, 0.2) is 24.3 Å². The topological polar surface area (TPSA) is 38.3 Å². The van der Waals surface area contributed by atoms with Gasteiger partial charge in [0, 0.05) is 29.9 Å². The van der Waals surface area contributed by atoms with Crippen LogP contribution in [-0.4, -0.2) is 24.7 Å². The van der Waals surface area contributed by atoms with Crippen molar-refractivity contribution >= 4 is 5.91 Å². The van der Waals surface area contributed by atoms with Crippen LogP contribution in [0, 0.1) is 23.1 Å². The molecule has 0 spiro atoms. The molecule has 3 nitrogen and oxygen atoms in total. The normalized spacial score (nSPS) is 38.0. The minimum atomic E-state index is -0.228. The van der Waals surface area contributed by atoms with Crippen LogP contribution < -0.4 is 5.32 Å². The Kier molecular flexibility index (Phi) is 3.09. The summed E-state index contributed by atoms with van der Waals surface area (Å²) in [5.41, 5.74) is 1.09. The predicted molar refractivity (Wildman–Crippen MR) is 80.8 cm³/mol. The fourth-order valence-electron chi connectivity index (χ4n) is 4.44. The quantitative estimate of drug-likeness (QED) is 0.932. The number of hydrogen-bond donors (Lipinski definition) is 1. The fourth-order valence-corrected chi connectivity index (χ4v) is 4.44. The molecule has 0 unspecified atom stereocenters. The predicted octanol–water partition coefficient (Wildman–Crippen LogP) is 2.86. The maximum atomic E-state index is 13.0. The van der Waals surface area contributed by atoms with Crippen molar-refractivity contribution in [2.24, 2.45) is 17.3 Å². The highest BCUT2D eigenvalue weighted by Crippen LogP contribution is 2.53. The SMILES string of the molecule is CC1(C)[C@H](NC(=O)[C@@H]2C[C@@H]2c2ccc(F)cc2)[C@H]2CCO[C@H]21. The van der Waals surface area contributed by atoms with E-state index in [1.807, 2.05) is 0 Å². The molecule has 3 fully saturated rings. The number of rotatable bonds is 3. The number of carbonyl (C=O) groups is 1. The van der Waals surface area contributed by atoms with Crippen molar-refractivity contribution in [2.75, 3.05) is 6.61 Å². The molecule has 1 amide bonds. The second-order valence-corrected chi connectivity index (χ2v) is 7.55. The van der Waals surface area contributed by atoms with Gasteiger partial charge in [0.1, 0.15) is 5.82 Å². The lowest BCUT2D eigenvalue weighted by atomic mass is 9.57. The highest BCUT2D eigenvalue weighted by molar-refractivity contribution is 5.83. The molecule has 4 heteroatoms. The van der Waals surface area contributed by atoms with Crippen LogP contribution in [0.4, 0.5) is 4.39 Å². The molecule has 3 aliphatic rings. The Morgan fingerprint density at radius 3 is 2.77 bits per heavy atom. The van der Waals surface area contributed by atoms with Crippen molar-refractivity contribution < 1.29 is 13.9 Å². The fraction of sp³-hybridized carbons (Fsp3) is 0.611. The molecule has 0 aromatic heterocycles. The third kappa shape index (κ3) is 2.08. The van der Waals surface area contributed by atoms with Gasteiger partial charge in [-0.25, -0.2) is 4.39 Å². The van der Waals surface area contributed by atoms with E-state index in [1.54, 1.807) is 12.1 Å². The smallest absolute Gasteiger partial charge is 0.223 e. The summed E-state index contributed by atoms with van der Waals surface area (Å²) in [7, 11) is 0. The van der Waals surface area contributed by atoms with Gasteiger partial charge in [-0.1, -0.05) is 26.0 Å². The van der Waals surface area contributed by atoms with Crippen molar-refractivity contribution in [1.82, 2.24) is 5.32 Å². The van der Waals surface area contributed by atoms with Crippen LogP contribution in [-0.2, 0) is 9.53 Å². The summed E-state index contributed by atoms with van der Waals surface area (Å²) in [6, 6.07) is 6.75. The van der Waals surface area contributed by atoms with Crippen LogP contribution in [0.25, 0.3) is 0 Å². The van der Waals surface area contributed by atoms with E-state index < -0.39 is 0 Å². The summed E-state index contributed by atoms with van der Waals surface area (Å²) in [6.07, 6.45) is 2.21. The van der Waals surface area contributed by atoms with Crippen LogP contribution in [0.2, 0.25) is 0 Å². The zero-order chi connectivity index (χ0) is 15.5. The van der Waals surface area contributed by atoms with Crippen molar-refractivity contribution in [1.29, 1.82) is 0 Å². The van der Waals surface area contributed by atoms with Crippen molar-refractivity contribution in [2.45, 2.75) is 44.8 Å². The van der Waals surface area contributed by atoms with E-state index in [0.717, 1.165) is 25.0 Å². The molecule has 1 aromatic carbocycles. The molecule has 4 rings (SSSR count). The first-order chi connectivity index (χ1) is 10.5. The Morgan fingerprint density at radius 2 is 2.05 bits per heavy atom. The van der Waals surface area contributed by atoms with Crippen molar-refractivity contribution in [3.8, 4) is 0 Å². The van der Waals surface area contributed by atoms with Crippen LogP contribution in [0.3, 0.4) is 0 Å². The molecule has 1 N–H and O–H groups in total. The van der Waals surface area contributed by atoms with Crippen molar-refractivity contribution in [3.05, 3.63) is 35.6 Å². The number of amides is 1. The van der Waals surface area contributed by atoms with Gasteiger partial charge in [0.2, 0.25) is 5.91 Å². The number of benzene rings is 1. The number of ether oxygens (including phenoxy) is 1. The maximum Gasteiger partial charge on any atom is 0.223 e. The highest BCUT2D eigenvalue weighted by atomic mass is 19.1. The zero-order valence-corrected chi connectivity index (χ0v) is 13.0. The molecule has 5 atom stereocenters. The molecule has 0 bridgehead atoms. The second kappa shape index (κ2) is 4.79. The molecule has 2 saturated carbocycles. The molecule has 118 valence electrons. The first-order valence-corrected chi connectivity index (χ1v) is 8.16. The van der Waals surface area contributed by atoms with E-state index in [-0.39, 0.29) is 35.0 Å². The summed E-state index contributed by atoms with van der Waals surface area (Å²) in [5.74, 6) is 0.690. The molecule has 1 saturated heterocycles. The maximum absolute atomic E-state index is 13.0. The van der Waals surface area contributed by atoms with Gasteiger partial charge in [0.25, 0.3) is 0 Å². The molecule has 0 radical (unpaired) electrons. The lowest BCUT2D eigenvalue weighted by Crippen LogP contribution is -2.66. The Balaban J connectivity index is 1.39. The molecule has 1 aromatic rings. The number of carbonyl (C=O) groups excluding carboxylic acids is 1. The number of hydrogen-bond acceptors (Lipinski definition) is 2. The van der Waals surface area contributed by atoms with E-state index in [0.29, 0.717) is 12.0 Å². The standard InChI is InChI=1S/C18H22FNO2/c1-18(2)15(12-7-8-22-16(12)18)20-17(21)14-9-13(14)10-3-5-11(19)6-4-10/h3-6,12-16H,7-9H2,1-2H3,(H,20,21)/t12-,13-,14-,15-,16-/m1/s1. The van der Waals surface area contributed by atoms with Gasteiger partial charge in [-0.3, -0.25) is 4.79 Å². The third-order valence-electron chi connectivity index (χ3n) is 5.82. The van der Waals surface area contributed by atoms with Crippen molar-refractivity contribution in [3.63, 3.8) is 0 Å². The van der Waals surface area contributed by atoms with Gasteiger partial charge < -0.3 is 10.1 Å². The van der Waals surface area contributed by atoms with Gasteiger partial charge >= 0.3 is 0 Å². The second-order valence-electron chi connectivity index (χ2n) is 7.55.